The van der Waals surface area contributed by atoms with Gasteiger partial charge in [-0.25, -0.2) is 4.79 Å². The van der Waals surface area contributed by atoms with Crippen LogP contribution in [-0.4, -0.2) is 42.0 Å². The second kappa shape index (κ2) is 13.2. The fourth-order valence-corrected chi connectivity index (χ4v) is 9.49. The topological polar surface area (TPSA) is 86.7 Å². The van der Waals surface area contributed by atoms with Gasteiger partial charge in [-0.2, -0.15) is 0 Å². The highest BCUT2D eigenvalue weighted by Crippen LogP contribution is 2.49. The van der Waals surface area contributed by atoms with Crippen molar-refractivity contribution in [1.29, 1.82) is 0 Å². The summed E-state index contributed by atoms with van der Waals surface area (Å²) < 4.78 is 11.1. The van der Waals surface area contributed by atoms with Gasteiger partial charge in [-0.15, -0.1) is 0 Å². The number of carbonyl (C=O) groups excluding carboxylic acids is 4. The van der Waals surface area contributed by atoms with Crippen LogP contribution in [0.15, 0.2) is 91.0 Å². The number of ketones is 2. The van der Waals surface area contributed by atoms with Crippen LogP contribution in [-0.2, 0) is 28.7 Å². The molecule has 0 bridgehead atoms. The SMILES string of the molecule is CCOC(=O)C(C(C(=O)OCC)C(C(C)=O)C(C)=O)=P(c1ccccc1)(c1ccccc1)c1ccccc1. The van der Waals surface area contributed by atoms with E-state index in [0.717, 1.165) is 15.9 Å². The number of hydrogen-bond donors (Lipinski definition) is 0. The molecule has 6 nitrogen and oxygen atoms in total. The Labute approximate surface area is 224 Å². The highest BCUT2D eigenvalue weighted by atomic mass is 31.2. The van der Waals surface area contributed by atoms with E-state index in [2.05, 4.69) is 0 Å². The summed E-state index contributed by atoms with van der Waals surface area (Å²) in [6.07, 6.45) is 0. The van der Waals surface area contributed by atoms with Gasteiger partial charge in [0.25, 0.3) is 0 Å². The summed E-state index contributed by atoms with van der Waals surface area (Å²) in [5, 5.41) is 2.40. The summed E-state index contributed by atoms with van der Waals surface area (Å²) in [4.78, 5) is 53.8. The molecule has 0 fully saturated rings. The normalized spacial score (nSPS) is 11.9. The summed E-state index contributed by atoms with van der Waals surface area (Å²) in [6.45, 7) is 2.71. The van der Waals surface area contributed by atoms with E-state index in [-0.39, 0.29) is 18.5 Å². The fourth-order valence-electron chi connectivity index (χ4n) is 4.89. The average Bonchev–Trinajstić information content (AvgIpc) is 2.92. The van der Waals surface area contributed by atoms with Gasteiger partial charge in [-0.3, -0.25) is 14.4 Å². The van der Waals surface area contributed by atoms with Crippen molar-refractivity contribution in [3.05, 3.63) is 91.0 Å². The molecule has 0 radical (unpaired) electrons. The number of esters is 2. The zero-order valence-corrected chi connectivity index (χ0v) is 23.0. The van der Waals surface area contributed by atoms with E-state index in [1.807, 2.05) is 91.0 Å². The molecule has 0 spiro atoms. The molecule has 3 aromatic rings. The first-order valence-corrected chi connectivity index (χ1v) is 14.4. The van der Waals surface area contributed by atoms with Crippen molar-refractivity contribution in [2.24, 2.45) is 11.8 Å². The van der Waals surface area contributed by atoms with Crippen LogP contribution in [0.4, 0.5) is 0 Å². The van der Waals surface area contributed by atoms with Gasteiger partial charge in [0.1, 0.15) is 17.5 Å². The van der Waals surface area contributed by atoms with E-state index < -0.39 is 42.2 Å². The molecule has 7 heteroatoms. The molecule has 38 heavy (non-hydrogen) atoms. The highest BCUT2D eigenvalue weighted by molar-refractivity contribution is 7.96. The Kier molecular flexibility index (Phi) is 9.98. The predicted octanol–water partition coefficient (Wildman–Crippen LogP) is 3.69. The molecular weight excluding hydrogens is 499 g/mol. The van der Waals surface area contributed by atoms with Crippen molar-refractivity contribution in [1.82, 2.24) is 0 Å². The first kappa shape index (κ1) is 28.8. The van der Waals surface area contributed by atoms with E-state index in [9.17, 15) is 19.2 Å². The number of Topliss-reactive ketones (excluding diaryl/α,β-unsaturated/α-hetero) is 2. The molecule has 0 saturated carbocycles. The Hall–Kier alpha value is -3.76. The van der Waals surface area contributed by atoms with Crippen molar-refractivity contribution >= 4 is 51.6 Å². The third-order valence-electron chi connectivity index (χ3n) is 6.32. The average molecular weight is 533 g/mol. The first-order valence-electron chi connectivity index (χ1n) is 12.6. The summed E-state index contributed by atoms with van der Waals surface area (Å²) in [5.74, 6) is -5.47. The highest BCUT2D eigenvalue weighted by Gasteiger charge is 2.47. The van der Waals surface area contributed by atoms with Crippen LogP contribution in [0.5, 0.6) is 0 Å². The lowest BCUT2D eigenvalue weighted by Gasteiger charge is -2.35. The molecule has 0 aliphatic heterocycles. The van der Waals surface area contributed by atoms with Gasteiger partial charge in [0, 0.05) is 0 Å². The zero-order valence-electron chi connectivity index (χ0n) is 22.1. The van der Waals surface area contributed by atoms with Gasteiger partial charge in [0.05, 0.1) is 24.4 Å². The second-order valence-corrected chi connectivity index (χ2v) is 12.1. The first-order chi connectivity index (χ1) is 18.3. The molecule has 3 aromatic carbocycles. The predicted molar refractivity (Wildman–Crippen MR) is 152 cm³/mol. The summed E-state index contributed by atoms with van der Waals surface area (Å²) >= 11 is 0. The Morgan fingerprint density at radius 3 is 1.29 bits per heavy atom. The Balaban J connectivity index is 2.75. The number of benzene rings is 3. The molecule has 1 atom stereocenters. The minimum absolute atomic E-state index is 0.0153. The molecule has 0 saturated heterocycles. The molecule has 0 aliphatic rings. The van der Waals surface area contributed by atoms with Crippen LogP contribution in [0, 0.1) is 11.8 Å². The molecular formula is C31H33O6P. The fraction of sp³-hybridized carbons (Fsp3) is 0.258. The quantitative estimate of drug-likeness (QED) is 0.213. The monoisotopic (exact) mass is 532 g/mol. The van der Waals surface area contributed by atoms with Crippen molar-refractivity contribution in [2.75, 3.05) is 13.2 Å². The number of ether oxygens (including phenoxy) is 2. The molecule has 0 aliphatic carbocycles. The van der Waals surface area contributed by atoms with Gasteiger partial charge in [-0.05, 0) is 50.5 Å². The largest absolute Gasteiger partial charge is 0.465 e. The number of carbonyl (C=O) groups is 4. The third kappa shape index (κ3) is 5.71. The summed E-state index contributed by atoms with van der Waals surface area (Å²) in [7, 11) is 0. The molecule has 0 N–H and O–H groups in total. The van der Waals surface area contributed by atoms with Crippen molar-refractivity contribution in [2.45, 2.75) is 27.7 Å². The maximum absolute atomic E-state index is 14.1. The van der Waals surface area contributed by atoms with E-state index in [0.29, 0.717) is 0 Å². The van der Waals surface area contributed by atoms with Crippen LogP contribution >= 0.6 is 6.89 Å². The van der Waals surface area contributed by atoms with Crippen LogP contribution in [0.25, 0.3) is 0 Å². The minimum atomic E-state index is -3.18. The Morgan fingerprint density at radius 2 is 0.974 bits per heavy atom. The van der Waals surface area contributed by atoms with Crippen LogP contribution < -0.4 is 15.9 Å². The van der Waals surface area contributed by atoms with Gasteiger partial charge in [-0.1, -0.05) is 91.0 Å². The minimum Gasteiger partial charge on any atom is -0.465 e. The molecule has 1 unspecified atom stereocenters. The molecule has 0 heterocycles. The maximum Gasteiger partial charge on any atom is 0.335 e. The lowest BCUT2D eigenvalue weighted by atomic mass is 9.83. The smallest absolute Gasteiger partial charge is 0.335 e. The van der Waals surface area contributed by atoms with E-state index in [1.54, 1.807) is 13.8 Å². The van der Waals surface area contributed by atoms with E-state index in [4.69, 9.17) is 9.47 Å². The molecule has 3 rings (SSSR count). The van der Waals surface area contributed by atoms with Gasteiger partial charge in [0.15, 0.2) is 0 Å². The molecule has 0 amide bonds. The zero-order chi connectivity index (χ0) is 27.7. The van der Waals surface area contributed by atoms with Gasteiger partial charge >= 0.3 is 11.9 Å². The van der Waals surface area contributed by atoms with Crippen molar-refractivity contribution in [3.63, 3.8) is 0 Å². The molecule has 198 valence electrons. The Bertz CT molecular complexity index is 1220. The Morgan fingerprint density at radius 1 is 0.605 bits per heavy atom. The van der Waals surface area contributed by atoms with E-state index >= 15 is 0 Å². The van der Waals surface area contributed by atoms with Crippen LogP contribution in [0.3, 0.4) is 0 Å². The standard InChI is InChI=1S/C31H33O6P/c1-5-36-30(34)28(27(22(3)32)23(4)33)29(31(35)37-6-2)38(24-16-10-7-11-17-24,25-18-12-8-13-19-25)26-20-14-9-15-21-26/h7-21,27-28H,5-6H2,1-4H3. The van der Waals surface area contributed by atoms with E-state index in [1.165, 1.54) is 13.8 Å². The number of hydrogen-bond acceptors (Lipinski definition) is 6. The van der Waals surface area contributed by atoms with Crippen molar-refractivity contribution in [3.8, 4) is 0 Å². The summed E-state index contributed by atoms with van der Waals surface area (Å²) in [6, 6.07) is 28.3. The number of rotatable bonds is 11. The third-order valence-corrected chi connectivity index (χ3v) is 10.7. The molecule has 0 aromatic heterocycles. The maximum atomic E-state index is 14.1. The second-order valence-electron chi connectivity index (χ2n) is 8.71. The lowest BCUT2D eigenvalue weighted by Crippen LogP contribution is -2.47. The lowest BCUT2D eigenvalue weighted by molar-refractivity contribution is -0.152. The van der Waals surface area contributed by atoms with Crippen molar-refractivity contribution < 1.29 is 28.7 Å². The van der Waals surface area contributed by atoms with Crippen LogP contribution in [0.2, 0.25) is 0 Å². The van der Waals surface area contributed by atoms with Gasteiger partial charge < -0.3 is 9.47 Å². The van der Waals surface area contributed by atoms with Gasteiger partial charge in [0.2, 0.25) is 0 Å². The summed E-state index contributed by atoms with van der Waals surface area (Å²) in [5.41, 5.74) is 0. The van der Waals surface area contributed by atoms with Crippen LogP contribution in [0.1, 0.15) is 27.7 Å².